The highest BCUT2D eigenvalue weighted by Crippen LogP contribution is 2.05. The smallest absolute Gasteiger partial charge is 0.209 e. The fourth-order valence-electron chi connectivity index (χ4n) is 1.03. The van der Waals surface area contributed by atoms with Crippen LogP contribution in [0.15, 0.2) is 12.4 Å². The molecule has 0 bridgehead atoms. The highest BCUT2D eigenvalue weighted by Gasteiger charge is 2.04. The number of anilines is 1. The molecule has 8 heteroatoms. The molecule has 7 nitrogen and oxygen atoms in total. The van der Waals surface area contributed by atoms with E-state index in [1.54, 1.807) is 0 Å². The van der Waals surface area contributed by atoms with Crippen LogP contribution in [0.5, 0.6) is 0 Å². The van der Waals surface area contributed by atoms with E-state index >= 15 is 0 Å². The molecule has 0 aliphatic rings. The second-order valence-corrected chi connectivity index (χ2v) is 4.75. The monoisotopic (exact) mass is 241 g/mol. The Kier molecular flexibility index (Phi) is 4.16. The van der Waals surface area contributed by atoms with Gasteiger partial charge in [0.1, 0.15) is 6.07 Å². The van der Waals surface area contributed by atoms with Crippen molar-refractivity contribution >= 4 is 15.8 Å². The zero-order valence-corrected chi connectivity index (χ0v) is 9.24. The molecule has 0 aliphatic carbocycles. The van der Waals surface area contributed by atoms with E-state index in [2.05, 4.69) is 15.3 Å². The SMILES string of the molecule is N#Cc1nccnc1NCCCS(N)(=O)=O. The predicted octanol–water partition coefficient (Wildman–Crippen LogP) is -0.561. The summed E-state index contributed by atoms with van der Waals surface area (Å²) in [4.78, 5) is 7.70. The number of sulfonamides is 1. The molecule has 3 N–H and O–H groups in total. The number of rotatable bonds is 5. The van der Waals surface area contributed by atoms with Gasteiger partial charge < -0.3 is 5.32 Å². The number of hydrogen-bond donors (Lipinski definition) is 2. The van der Waals surface area contributed by atoms with Crippen molar-refractivity contribution in [2.24, 2.45) is 5.14 Å². The Hall–Kier alpha value is -1.72. The van der Waals surface area contributed by atoms with Crippen LogP contribution in [0.4, 0.5) is 5.82 Å². The molecule has 1 aromatic heterocycles. The van der Waals surface area contributed by atoms with Crippen molar-refractivity contribution in [3.63, 3.8) is 0 Å². The van der Waals surface area contributed by atoms with Gasteiger partial charge in [-0.15, -0.1) is 0 Å². The number of nitrogens with one attached hydrogen (secondary N) is 1. The zero-order valence-electron chi connectivity index (χ0n) is 8.42. The summed E-state index contributed by atoms with van der Waals surface area (Å²) in [5.41, 5.74) is 0.179. The van der Waals surface area contributed by atoms with Gasteiger partial charge in [0.2, 0.25) is 10.0 Å². The second kappa shape index (κ2) is 5.39. The molecular weight excluding hydrogens is 230 g/mol. The molecule has 0 aliphatic heterocycles. The summed E-state index contributed by atoms with van der Waals surface area (Å²) in [6.07, 6.45) is 3.21. The number of nitrogens with two attached hydrogens (primary N) is 1. The number of hydrogen-bond acceptors (Lipinski definition) is 6. The van der Waals surface area contributed by atoms with E-state index in [4.69, 9.17) is 10.4 Å². The summed E-state index contributed by atoms with van der Waals surface area (Å²) in [5.74, 6) is 0.238. The summed E-state index contributed by atoms with van der Waals surface area (Å²) >= 11 is 0. The number of nitrogens with zero attached hydrogens (tertiary/aromatic N) is 3. The van der Waals surface area contributed by atoms with E-state index in [9.17, 15) is 8.42 Å². The predicted molar refractivity (Wildman–Crippen MR) is 57.8 cm³/mol. The van der Waals surface area contributed by atoms with Gasteiger partial charge in [0.15, 0.2) is 11.5 Å². The molecule has 0 radical (unpaired) electrons. The van der Waals surface area contributed by atoms with Crippen LogP contribution in [0, 0.1) is 11.3 Å². The van der Waals surface area contributed by atoms with E-state index in [1.165, 1.54) is 12.4 Å². The third-order valence-corrected chi connectivity index (χ3v) is 2.56. The highest BCUT2D eigenvalue weighted by molar-refractivity contribution is 7.89. The maximum atomic E-state index is 10.6. The molecule has 0 unspecified atom stereocenters. The topological polar surface area (TPSA) is 122 Å². The van der Waals surface area contributed by atoms with Gasteiger partial charge in [-0.25, -0.2) is 23.5 Å². The van der Waals surface area contributed by atoms with Crippen LogP contribution in [0.1, 0.15) is 12.1 Å². The molecule has 86 valence electrons. The highest BCUT2D eigenvalue weighted by atomic mass is 32.2. The minimum absolute atomic E-state index is 0.109. The van der Waals surface area contributed by atoms with Gasteiger partial charge in [-0.1, -0.05) is 0 Å². The number of aromatic nitrogens is 2. The first kappa shape index (κ1) is 12.4. The molecular formula is C8H11N5O2S. The molecule has 16 heavy (non-hydrogen) atoms. The Morgan fingerprint density at radius 2 is 2.12 bits per heavy atom. The summed E-state index contributed by atoms with van der Waals surface area (Å²) in [5, 5.41) is 16.4. The normalized spacial score (nSPS) is 10.8. The van der Waals surface area contributed by atoms with E-state index in [1.807, 2.05) is 6.07 Å². The lowest BCUT2D eigenvalue weighted by molar-refractivity contribution is 0.595. The van der Waals surface area contributed by atoms with Crippen LogP contribution in [0.3, 0.4) is 0 Å². The van der Waals surface area contributed by atoms with E-state index in [0.717, 1.165) is 0 Å². The fraction of sp³-hybridized carbons (Fsp3) is 0.375. The quantitative estimate of drug-likeness (QED) is 0.666. The maximum absolute atomic E-state index is 10.6. The molecule has 0 atom stereocenters. The van der Waals surface area contributed by atoms with Crippen molar-refractivity contribution in [2.45, 2.75) is 6.42 Å². The lowest BCUT2D eigenvalue weighted by Crippen LogP contribution is -2.19. The first-order valence-corrected chi connectivity index (χ1v) is 6.20. The molecule has 0 amide bonds. The molecule has 1 heterocycles. The minimum atomic E-state index is -3.44. The first-order valence-electron chi connectivity index (χ1n) is 4.48. The van der Waals surface area contributed by atoms with Crippen molar-refractivity contribution in [1.29, 1.82) is 5.26 Å². The van der Waals surface area contributed by atoms with Crippen molar-refractivity contribution in [1.82, 2.24) is 9.97 Å². The zero-order chi connectivity index (χ0) is 12.0. The second-order valence-electron chi connectivity index (χ2n) is 3.01. The molecule has 1 aromatic rings. The summed E-state index contributed by atoms with van der Waals surface area (Å²) in [6, 6.07) is 1.87. The maximum Gasteiger partial charge on any atom is 0.209 e. The standard InChI is InChI=1S/C8H11N5O2S/c9-6-7-8(13-4-3-11-7)12-2-1-5-16(10,14)15/h3-4H,1-2,5H2,(H,12,13)(H2,10,14,15). The third-order valence-electron chi connectivity index (χ3n) is 1.70. The molecule has 0 saturated heterocycles. The Bertz CT molecular complexity index is 493. The van der Waals surface area contributed by atoms with Gasteiger partial charge in [-0.05, 0) is 6.42 Å². The average molecular weight is 241 g/mol. The van der Waals surface area contributed by atoms with Crippen molar-refractivity contribution in [2.75, 3.05) is 17.6 Å². The lowest BCUT2D eigenvalue weighted by Gasteiger charge is -2.04. The minimum Gasteiger partial charge on any atom is -0.368 e. The van der Waals surface area contributed by atoms with E-state index < -0.39 is 10.0 Å². The van der Waals surface area contributed by atoms with Crippen molar-refractivity contribution in [3.05, 3.63) is 18.1 Å². The summed E-state index contributed by atoms with van der Waals surface area (Å²) in [7, 11) is -3.44. The molecule has 0 spiro atoms. The number of primary sulfonamides is 1. The van der Waals surface area contributed by atoms with Gasteiger partial charge in [-0.3, -0.25) is 0 Å². The summed E-state index contributed by atoms with van der Waals surface area (Å²) < 4.78 is 21.3. The molecule has 0 saturated carbocycles. The van der Waals surface area contributed by atoms with Crippen LogP contribution in [-0.2, 0) is 10.0 Å². The Balaban J connectivity index is 2.47. The van der Waals surface area contributed by atoms with Crippen molar-refractivity contribution in [3.8, 4) is 6.07 Å². The molecule has 0 aromatic carbocycles. The van der Waals surface area contributed by atoms with E-state index in [-0.39, 0.29) is 11.4 Å². The third kappa shape index (κ3) is 4.20. The average Bonchev–Trinajstić information content (AvgIpc) is 2.23. The van der Waals surface area contributed by atoms with Gasteiger partial charge in [0.05, 0.1) is 5.75 Å². The van der Waals surface area contributed by atoms with Crippen LogP contribution in [0.2, 0.25) is 0 Å². The van der Waals surface area contributed by atoms with Crippen LogP contribution in [0.25, 0.3) is 0 Å². The number of nitriles is 1. The van der Waals surface area contributed by atoms with Gasteiger partial charge in [-0.2, -0.15) is 5.26 Å². The van der Waals surface area contributed by atoms with Crippen molar-refractivity contribution < 1.29 is 8.42 Å². The molecule has 0 fully saturated rings. The van der Waals surface area contributed by atoms with Gasteiger partial charge in [0, 0.05) is 18.9 Å². The Morgan fingerprint density at radius 1 is 1.44 bits per heavy atom. The van der Waals surface area contributed by atoms with Crippen LogP contribution in [-0.4, -0.2) is 30.7 Å². The van der Waals surface area contributed by atoms with Crippen LogP contribution < -0.4 is 10.5 Å². The Labute approximate surface area is 93.4 Å². The van der Waals surface area contributed by atoms with Gasteiger partial charge >= 0.3 is 0 Å². The van der Waals surface area contributed by atoms with E-state index in [0.29, 0.717) is 18.8 Å². The largest absolute Gasteiger partial charge is 0.368 e. The molecule has 1 rings (SSSR count). The Morgan fingerprint density at radius 3 is 2.75 bits per heavy atom. The fourth-order valence-corrected chi connectivity index (χ4v) is 1.58. The van der Waals surface area contributed by atoms with Gasteiger partial charge in [0.25, 0.3) is 0 Å². The van der Waals surface area contributed by atoms with Crippen LogP contribution >= 0.6 is 0 Å². The first-order chi connectivity index (χ1) is 7.53. The lowest BCUT2D eigenvalue weighted by atomic mass is 10.4. The summed E-state index contributed by atoms with van der Waals surface area (Å²) in [6.45, 7) is 0.365.